The number of hydrogen-bond donors (Lipinski definition) is 2. The largest absolute Gasteiger partial charge is 0.431 e. The van der Waals surface area contributed by atoms with E-state index in [9.17, 15) is 34.8 Å². The van der Waals surface area contributed by atoms with E-state index in [1.165, 1.54) is 13.0 Å². The fourth-order valence-corrected chi connectivity index (χ4v) is 3.69. The van der Waals surface area contributed by atoms with E-state index in [0.717, 1.165) is 31.7 Å². The Bertz CT molecular complexity index is 1180. The quantitative estimate of drug-likeness (QED) is 0.577. The third kappa shape index (κ3) is 6.93. The molecule has 10 nitrogen and oxygen atoms in total. The number of aryl methyl sites for hydroxylation is 1. The molecule has 0 spiro atoms. The Balaban J connectivity index is 2.11. The molecule has 31 heavy (non-hydrogen) atoms. The first-order valence-electron chi connectivity index (χ1n) is 8.45. The van der Waals surface area contributed by atoms with Crippen LogP contribution < -0.4 is 10.0 Å². The molecule has 0 saturated carbocycles. The van der Waals surface area contributed by atoms with Crippen molar-refractivity contribution in [3.05, 3.63) is 41.3 Å². The number of hydrogen-bond acceptors (Lipinski definition) is 8. The predicted molar refractivity (Wildman–Crippen MR) is 105 cm³/mol. The molecule has 15 heteroatoms. The zero-order valence-corrected chi connectivity index (χ0v) is 18.2. The molecule has 1 aromatic carbocycles. The third-order valence-electron chi connectivity index (χ3n) is 3.95. The molecule has 0 radical (unpaired) electrons. The summed E-state index contributed by atoms with van der Waals surface area (Å²) in [5.74, 6) is -1.63. The van der Waals surface area contributed by atoms with Gasteiger partial charge in [0.25, 0.3) is 11.9 Å². The normalized spacial score (nSPS) is 12.7. The number of nitrogens with zero attached hydrogens (tertiary/aromatic N) is 2. The number of nitrogens with one attached hydrogen (secondary N) is 2. The summed E-state index contributed by atoms with van der Waals surface area (Å²) < 4.78 is 92.5. The van der Waals surface area contributed by atoms with Crippen molar-refractivity contribution in [2.75, 3.05) is 30.9 Å². The second kappa shape index (κ2) is 8.84. The van der Waals surface area contributed by atoms with Gasteiger partial charge in [0.05, 0.1) is 11.3 Å². The number of oxazole rings is 1. The van der Waals surface area contributed by atoms with Gasteiger partial charge in [0.2, 0.25) is 0 Å². The average molecular weight is 484 g/mol. The number of alkyl halides is 3. The first-order valence-corrected chi connectivity index (χ1v) is 11.9. The zero-order chi connectivity index (χ0) is 23.6. The Kier molecular flexibility index (Phi) is 7.02. The molecule has 0 bridgehead atoms. The molecule has 2 aromatic rings. The number of anilines is 2. The maximum absolute atomic E-state index is 12.9. The van der Waals surface area contributed by atoms with E-state index < -0.39 is 49.1 Å². The lowest BCUT2D eigenvalue weighted by molar-refractivity contribution is -0.137. The van der Waals surface area contributed by atoms with Crippen molar-refractivity contribution in [2.45, 2.75) is 13.1 Å². The van der Waals surface area contributed by atoms with Gasteiger partial charge < -0.3 is 9.73 Å². The third-order valence-corrected chi connectivity index (χ3v) is 6.32. The number of rotatable bonds is 8. The summed E-state index contributed by atoms with van der Waals surface area (Å²) >= 11 is 0. The van der Waals surface area contributed by atoms with Crippen molar-refractivity contribution in [3.8, 4) is 0 Å². The lowest BCUT2D eigenvalue weighted by Gasteiger charge is -2.16. The first-order chi connectivity index (χ1) is 14.1. The van der Waals surface area contributed by atoms with Gasteiger partial charge in [0.15, 0.2) is 5.69 Å². The van der Waals surface area contributed by atoms with Crippen LogP contribution in [0.15, 0.2) is 28.9 Å². The first kappa shape index (κ1) is 24.6. The molecule has 1 amide bonds. The van der Waals surface area contributed by atoms with Gasteiger partial charge in [-0.05, 0) is 24.6 Å². The second-order valence-corrected chi connectivity index (χ2v) is 10.6. The van der Waals surface area contributed by atoms with Gasteiger partial charge in [-0.1, -0.05) is 6.07 Å². The van der Waals surface area contributed by atoms with E-state index in [-0.39, 0.29) is 18.2 Å². The summed E-state index contributed by atoms with van der Waals surface area (Å²) in [6.07, 6.45) is -2.82. The van der Waals surface area contributed by atoms with Crippen molar-refractivity contribution in [3.63, 3.8) is 0 Å². The average Bonchev–Trinajstić information content (AvgIpc) is 3.08. The van der Waals surface area contributed by atoms with Crippen molar-refractivity contribution in [1.82, 2.24) is 14.0 Å². The van der Waals surface area contributed by atoms with Crippen LogP contribution in [0.25, 0.3) is 0 Å². The summed E-state index contributed by atoms with van der Waals surface area (Å²) in [4.78, 5) is 15.9. The van der Waals surface area contributed by atoms with E-state index in [1.807, 2.05) is 0 Å². The fourth-order valence-electron chi connectivity index (χ4n) is 2.15. The van der Waals surface area contributed by atoms with E-state index in [2.05, 4.69) is 10.3 Å². The minimum atomic E-state index is -4.57. The van der Waals surface area contributed by atoms with E-state index >= 15 is 0 Å². The molecule has 172 valence electrons. The van der Waals surface area contributed by atoms with Crippen molar-refractivity contribution in [1.29, 1.82) is 0 Å². The van der Waals surface area contributed by atoms with E-state index in [0.29, 0.717) is 9.87 Å². The van der Waals surface area contributed by atoms with E-state index in [4.69, 9.17) is 4.42 Å². The number of halogens is 3. The van der Waals surface area contributed by atoms with Crippen LogP contribution in [-0.4, -0.2) is 57.6 Å². The summed E-state index contributed by atoms with van der Waals surface area (Å²) in [6, 6.07) is 2.64. The molecule has 0 atom stereocenters. The SMILES string of the molecule is Cc1ccc(C(F)(F)F)cc1Nc1nc(C(=O)NS(=O)(=O)N(C)CCS(C)(=O)=O)co1. The highest BCUT2D eigenvalue weighted by Crippen LogP contribution is 2.32. The van der Waals surface area contributed by atoms with Gasteiger partial charge in [-0.25, -0.2) is 13.1 Å². The molecule has 0 saturated heterocycles. The number of aromatic nitrogens is 1. The smallest absolute Gasteiger partial charge is 0.416 e. The number of carbonyl (C=O) groups is 1. The molecule has 1 aromatic heterocycles. The van der Waals surface area contributed by atoms with E-state index in [1.54, 1.807) is 4.72 Å². The minimum Gasteiger partial charge on any atom is -0.431 e. The van der Waals surface area contributed by atoms with Crippen molar-refractivity contribution < 1.29 is 39.2 Å². The number of benzene rings is 1. The molecule has 0 aliphatic rings. The molecule has 0 aliphatic carbocycles. The highest BCUT2D eigenvalue weighted by Gasteiger charge is 2.31. The van der Waals surface area contributed by atoms with Gasteiger partial charge in [-0.2, -0.15) is 30.9 Å². The highest BCUT2D eigenvalue weighted by molar-refractivity contribution is 7.90. The summed E-state index contributed by atoms with van der Waals surface area (Å²) in [5, 5.41) is 2.50. The van der Waals surface area contributed by atoms with Gasteiger partial charge >= 0.3 is 16.4 Å². The summed E-state index contributed by atoms with van der Waals surface area (Å²) in [5.41, 5.74) is -0.912. The molecule has 2 rings (SSSR count). The molecule has 0 fully saturated rings. The maximum atomic E-state index is 12.9. The second-order valence-electron chi connectivity index (χ2n) is 6.58. The van der Waals surface area contributed by atoms with Crippen LogP contribution >= 0.6 is 0 Å². The Morgan fingerprint density at radius 2 is 1.87 bits per heavy atom. The Labute approximate surface area is 176 Å². The zero-order valence-electron chi connectivity index (χ0n) is 16.5. The fraction of sp³-hybridized carbons (Fsp3) is 0.375. The molecular formula is C16H19F3N4O6S2. The summed E-state index contributed by atoms with van der Waals surface area (Å²) in [6.45, 7) is 1.15. The standard InChI is InChI=1S/C16H19F3N4O6S2/c1-10-4-5-11(16(17,18)19)8-12(10)20-15-21-13(9-29-15)14(24)22-31(27,28)23(2)6-7-30(3,25)26/h4-5,8-9H,6-7H2,1-3H3,(H,20,21)(H,22,24). The van der Waals surface area contributed by atoms with Gasteiger partial charge in [-0.3, -0.25) is 4.79 Å². The number of sulfone groups is 1. The Morgan fingerprint density at radius 3 is 2.45 bits per heavy atom. The molecule has 0 aliphatic heterocycles. The lowest BCUT2D eigenvalue weighted by atomic mass is 10.1. The van der Waals surface area contributed by atoms with Gasteiger partial charge in [0, 0.05) is 25.5 Å². The minimum absolute atomic E-state index is 0.0248. The van der Waals surface area contributed by atoms with Crippen LogP contribution in [0.1, 0.15) is 21.6 Å². The monoisotopic (exact) mass is 484 g/mol. The molecular weight excluding hydrogens is 465 g/mol. The van der Waals surface area contributed by atoms with Gasteiger partial charge in [-0.15, -0.1) is 0 Å². The van der Waals surface area contributed by atoms with Crippen LogP contribution in [-0.2, 0) is 26.2 Å². The number of carbonyl (C=O) groups excluding carboxylic acids is 1. The lowest BCUT2D eigenvalue weighted by Crippen LogP contribution is -2.43. The van der Waals surface area contributed by atoms with Crippen LogP contribution in [0.2, 0.25) is 0 Å². The Hall–Kier alpha value is -2.65. The van der Waals surface area contributed by atoms with Crippen LogP contribution in [0, 0.1) is 6.92 Å². The van der Waals surface area contributed by atoms with Crippen LogP contribution in [0.4, 0.5) is 24.9 Å². The van der Waals surface area contributed by atoms with Crippen LogP contribution in [0.5, 0.6) is 0 Å². The Morgan fingerprint density at radius 1 is 1.23 bits per heavy atom. The molecule has 1 heterocycles. The van der Waals surface area contributed by atoms with Crippen LogP contribution in [0.3, 0.4) is 0 Å². The molecule has 2 N–H and O–H groups in total. The molecule has 0 unspecified atom stereocenters. The van der Waals surface area contributed by atoms with Crippen molar-refractivity contribution >= 4 is 37.7 Å². The predicted octanol–water partition coefficient (Wildman–Crippen LogP) is 1.70. The van der Waals surface area contributed by atoms with Crippen molar-refractivity contribution in [2.24, 2.45) is 0 Å². The van der Waals surface area contributed by atoms with Gasteiger partial charge in [0.1, 0.15) is 16.1 Å². The number of amides is 1. The topological polar surface area (TPSA) is 139 Å². The summed E-state index contributed by atoms with van der Waals surface area (Å²) in [7, 11) is -6.72. The maximum Gasteiger partial charge on any atom is 0.416 e. The highest BCUT2D eigenvalue weighted by atomic mass is 32.2.